The number of hydrogen-bond acceptors (Lipinski definition) is 7. The fourth-order valence-corrected chi connectivity index (χ4v) is 1.42. The van der Waals surface area contributed by atoms with Crippen molar-refractivity contribution >= 4 is 5.82 Å². The van der Waals surface area contributed by atoms with Gasteiger partial charge in [-0.2, -0.15) is 4.98 Å². The standard InChI is InChI=1S/C10H5F2N5O2/c11-5-2-1-4(3-6(5)12)9-14-10(18-17-9)7-8(13)16-19-15-7/h1-3H,(H2,13,16). The molecule has 1 aromatic carbocycles. The van der Waals surface area contributed by atoms with Gasteiger partial charge in [-0.05, 0) is 28.5 Å². The lowest BCUT2D eigenvalue weighted by atomic mass is 10.2. The highest BCUT2D eigenvalue weighted by Gasteiger charge is 2.18. The summed E-state index contributed by atoms with van der Waals surface area (Å²) in [5, 5.41) is 10.5. The molecule has 0 unspecified atom stereocenters. The minimum absolute atomic E-state index is 0.0134. The van der Waals surface area contributed by atoms with E-state index in [0.717, 1.165) is 12.1 Å². The Bertz CT molecular complexity index is 739. The Labute approximate surface area is 104 Å². The molecule has 0 aliphatic rings. The highest BCUT2D eigenvalue weighted by molar-refractivity contribution is 5.63. The van der Waals surface area contributed by atoms with Crippen molar-refractivity contribution in [1.29, 1.82) is 0 Å². The number of halogens is 2. The van der Waals surface area contributed by atoms with Gasteiger partial charge < -0.3 is 10.3 Å². The lowest BCUT2D eigenvalue weighted by molar-refractivity contribution is 0.308. The van der Waals surface area contributed by atoms with Gasteiger partial charge in [-0.25, -0.2) is 13.4 Å². The van der Waals surface area contributed by atoms with Crippen LogP contribution in [0.15, 0.2) is 27.4 Å². The predicted octanol–water partition coefficient (Wildman–Crippen LogP) is 1.65. The summed E-state index contributed by atoms with van der Waals surface area (Å²) in [6.07, 6.45) is 0. The summed E-state index contributed by atoms with van der Waals surface area (Å²) in [6.45, 7) is 0. The normalized spacial score (nSPS) is 10.8. The van der Waals surface area contributed by atoms with Crippen molar-refractivity contribution in [2.75, 3.05) is 5.73 Å². The van der Waals surface area contributed by atoms with E-state index in [0.29, 0.717) is 0 Å². The Balaban J connectivity index is 2.01. The van der Waals surface area contributed by atoms with E-state index in [2.05, 4.69) is 25.1 Å². The molecule has 3 rings (SSSR count). The van der Waals surface area contributed by atoms with Crippen molar-refractivity contribution in [2.45, 2.75) is 0 Å². The molecule has 0 bridgehead atoms. The number of rotatable bonds is 2. The molecule has 3 aromatic rings. The van der Waals surface area contributed by atoms with Gasteiger partial charge >= 0.3 is 0 Å². The molecule has 0 fully saturated rings. The van der Waals surface area contributed by atoms with Crippen LogP contribution >= 0.6 is 0 Å². The Hall–Kier alpha value is -2.84. The van der Waals surface area contributed by atoms with Gasteiger partial charge in [0.1, 0.15) is 0 Å². The smallest absolute Gasteiger partial charge is 0.284 e. The highest BCUT2D eigenvalue weighted by Crippen LogP contribution is 2.24. The molecule has 96 valence electrons. The average molecular weight is 265 g/mol. The largest absolute Gasteiger partial charge is 0.379 e. The predicted molar refractivity (Wildman–Crippen MR) is 57.4 cm³/mol. The monoisotopic (exact) mass is 265 g/mol. The summed E-state index contributed by atoms with van der Waals surface area (Å²) < 4.78 is 35.2. The van der Waals surface area contributed by atoms with E-state index in [1.807, 2.05) is 0 Å². The fourth-order valence-electron chi connectivity index (χ4n) is 1.42. The summed E-state index contributed by atoms with van der Waals surface area (Å²) in [4.78, 5) is 3.95. The van der Waals surface area contributed by atoms with Crippen molar-refractivity contribution in [3.05, 3.63) is 29.8 Å². The van der Waals surface area contributed by atoms with Gasteiger partial charge in [0.2, 0.25) is 17.3 Å². The van der Waals surface area contributed by atoms with Crippen LogP contribution in [0.5, 0.6) is 0 Å². The number of hydrogen-bond donors (Lipinski definition) is 1. The Morgan fingerprint density at radius 2 is 1.89 bits per heavy atom. The van der Waals surface area contributed by atoms with E-state index in [9.17, 15) is 8.78 Å². The Kier molecular flexibility index (Phi) is 2.44. The first kappa shape index (κ1) is 11.3. The van der Waals surface area contributed by atoms with Gasteiger partial charge in [0.15, 0.2) is 11.6 Å². The van der Waals surface area contributed by atoms with Crippen molar-refractivity contribution in [3.8, 4) is 23.0 Å². The number of aromatic nitrogens is 4. The third-order valence-corrected chi connectivity index (χ3v) is 2.32. The lowest BCUT2D eigenvalue weighted by Crippen LogP contribution is -1.89. The molecule has 2 aromatic heterocycles. The van der Waals surface area contributed by atoms with E-state index < -0.39 is 11.6 Å². The van der Waals surface area contributed by atoms with Crippen molar-refractivity contribution in [2.24, 2.45) is 0 Å². The quantitative estimate of drug-likeness (QED) is 0.751. The average Bonchev–Trinajstić information content (AvgIpc) is 3.01. The van der Waals surface area contributed by atoms with Gasteiger partial charge in [0, 0.05) is 5.56 Å². The van der Waals surface area contributed by atoms with Gasteiger partial charge in [-0.15, -0.1) is 0 Å². The molecule has 0 spiro atoms. The second-order valence-electron chi connectivity index (χ2n) is 3.55. The molecule has 0 aliphatic heterocycles. The maximum absolute atomic E-state index is 13.1. The van der Waals surface area contributed by atoms with Crippen LogP contribution in [0.4, 0.5) is 14.6 Å². The summed E-state index contributed by atoms with van der Waals surface area (Å²) in [7, 11) is 0. The van der Waals surface area contributed by atoms with Gasteiger partial charge in [0.25, 0.3) is 5.89 Å². The zero-order chi connectivity index (χ0) is 13.4. The molecule has 0 radical (unpaired) electrons. The molecule has 0 amide bonds. The third-order valence-electron chi connectivity index (χ3n) is 2.32. The molecule has 19 heavy (non-hydrogen) atoms. The second kappa shape index (κ2) is 4.12. The highest BCUT2D eigenvalue weighted by atomic mass is 19.2. The summed E-state index contributed by atoms with van der Waals surface area (Å²) in [5.74, 6) is -1.95. The molecular formula is C10H5F2N5O2. The molecule has 0 saturated heterocycles. The zero-order valence-corrected chi connectivity index (χ0v) is 9.17. The van der Waals surface area contributed by atoms with E-state index in [1.54, 1.807) is 0 Å². The number of nitrogen functional groups attached to an aromatic ring is 1. The van der Waals surface area contributed by atoms with Crippen molar-refractivity contribution < 1.29 is 17.9 Å². The maximum atomic E-state index is 13.1. The summed E-state index contributed by atoms with van der Waals surface area (Å²) in [6, 6.07) is 3.23. The number of nitrogens with zero attached hydrogens (tertiary/aromatic N) is 4. The third kappa shape index (κ3) is 1.90. The minimum Gasteiger partial charge on any atom is -0.379 e. The topological polar surface area (TPSA) is 104 Å². The molecule has 2 N–H and O–H groups in total. The fraction of sp³-hybridized carbons (Fsp3) is 0. The van der Waals surface area contributed by atoms with E-state index in [4.69, 9.17) is 10.3 Å². The van der Waals surface area contributed by atoms with Crippen LogP contribution < -0.4 is 5.73 Å². The summed E-state index contributed by atoms with van der Waals surface area (Å²) >= 11 is 0. The van der Waals surface area contributed by atoms with Crippen LogP contribution in [0.2, 0.25) is 0 Å². The van der Waals surface area contributed by atoms with Gasteiger partial charge in [-0.1, -0.05) is 5.16 Å². The second-order valence-corrected chi connectivity index (χ2v) is 3.55. The number of nitrogens with two attached hydrogens (primary N) is 1. The first-order valence-corrected chi connectivity index (χ1v) is 5.02. The first-order chi connectivity index (χ1) is 9.15. The molecule has 2 heterocycles. The van der Waals surface area contributed by atoms with Crippen LogP contribution in [-0.2, 0) is 0 Å². The zero-order valence-electron chi connectivity index (χ0n) is 9.17. The van der Waals surface area contributed by atoms with Crippen LogP contribution in [0.3, 0.4) is 0 Å². The maximum Gasteiger partial charge on any atom is 0.284 e. The molecule has 0 aliphatic carbocycles. The van der Waals surface area contributed by atoms with Crippen LogP contribution in [0.1, 0.15) is 0 Å². The lowest BCUT2D eigenvalue weighted by Gasteiger charge is -1.95. The van der Waals surface area contributed by atoms with Crippen LogP contribution in [0.25, 0.3) is 23.0 Å². The summed E-state index contributed by atoms with van der Waals surface area (Å²) in [5.41, 5.74) is 5.80. The molecule has 0 saturated carbocycles. The Morgan fingerprint density at radius 3 is 2.58 bits per heavy atom. The molecular weight excluding hydrogens is 260 g/mol. The van der Waals surface area contributed by atoms with Crippen LogP contribution in [-0.4, -0.2) is 20.5 Å². The molecule has 7 nitrogen and oxygen atoms in total. The van der Waals surface area contributed by atoms with E-state index in [1.165, 1.54) is 6.07 Å². The molecule has 9 heteroatoms. The Morgan fingerprint density at radius 1 is 1.05 bits per heavy atom. The van der Waals surface area contributed by atoms with Gasteiger partial charge in [0.05, 0.1) is 0 Å². The first-order valence-electron chi connectivity index (χ1n) is 5.02. The van der Waals surface area contributed by atoms with Gasteiger partial charge in [-0.3, -0.25) is 0 Å². The number of benzene rings is 1. The van der Waals surface area contributed by atoms with E-state index >= 15 is 0 Å². The van der Waals surface area contributed by atoms with Crippen molar-refractivity contribution in [1.82, 2.24) is 20.5 Å². The van der Waals surface area contributed by atoms with Crippen LogP contribution in [0, 0.1) is 11.6 Å². The SMILES string of the molecule is Nc1nonc1-c1nc(-c2ccc(F)c(F)c2)no1. The van der Waals surface area contributed by atoms with Crippen molar-refractivity contribution in [3.63, 3.8) is 0 Å². The van der Waals surface area contributed by atoms with E-state index in [-0.39, 0.29) is 28.8 Å². The number of anilines is 1. The molecule has 0 atom stereocenters. The minimum atomic E-state index is -1.01.